The second-order valence-electron chi connectivity index (χ2n) is 6.34. The second-order valence-corrected chi connectivity index (χ2v) is 6.34. The molecule has 2 rings (SSSR count). The highest BCUT2D eigenvalue weighted by molar-refractivity contribution is 5.76. The van der Waals surface area contributed by atoms with Crippen LogP contribution in [0.15, 0.2) is 42.5 Å². The number of rotatable bonds is 8. The highest BCUT2D eigenvalue weighted by Gasteiger charge is 2.21. The Bertz CT molecular complexity index is 704. The van der Waals surface area contributed by atoms with Gasteiger partial charge in [0.2, 0.25) is 0 Å². The molecule has 25 heavy (non-hydrogen) atoms. The van der Waals surface area contributed by atoms with E-state index in [0.717, 1.165) is 17.5 Å². The van der Waals surface area contributed by atoms with E-state index >= 15 is 0 Å². The maximum Gasteiger partial charge on any atom is 0.311 e. The van der Waals surface area contributed by atoms with Crippen molar-refractivity contribution in [2.45, 2.75) is 45.6 Å². The lowest BCUT2D eigenvalue weighted by Gasteiger charge is -2.17. The van der Waals surface area contributed by atoms with Crippen molar-refractivity contribution in [1.29, 1.82) is 0 Å². The molecule has 0 saturated heterocycles. The average molecular weight is 342 g/mol. The normalized spacial score (nSPS) is 12.0. The Balaban J connectivity index is 2.28. The fourth-order valence-electron chi connectivity index (χ4n) is 2.76. The van der Waals surface area contributed by atoms with Crippen molar-refractivity contribution in [3.8, 4) is 11.5 Å². The van der Waals surface area contributed by atoms with Crippen molar-refractivity contribution in [2.24, 2.45) is 0 Å². The molecule has 4 heteroatoms. The number of ether oxygens (including phenoxy) is 2. The third-order valence-corrected chi connectivity index (χ3v) is 4.12. The predicted octanol–water partition coefficient (Wildman–Crippen LogP) is 4.46. The molecule has 4 nitrogen and oxygen atoms in total. The monoisotopic (exact) mass is 342 g/mol. The molecule has 0 aliphatic heterocycles. The molecular formula is C21H26O4. The van der Waals surface area contributed by atoms with E-state index in [4.69, 9.17) is 9.47 Å². The highest BCUT2D eigenvalue weighted by atomic mass is 16.5. The van der Waals surface area contributed by atoms with Gasteiger partial charge in [-0.2, -0.15) is 0 Å². The molecule has 0 heterocycles. The molecule has 0 aliphatic rings. The molecule has 2 aromatic carbocycles. The number of carboxylic acids is 1. The summed E-state index contributed by atoms with van der Waals surface area (Å²) in [7, 11) is 1.59. The summed E-state index contributed by atoms with van der Waals surface area (Å²) in [4.78, 5) is 11.8. The Labute approximate surface area is 149 Å². The minimum absolute atomic E-state index is 0.0148. The van der Waals surface area contributed by atoms with Crippen molar-refractivity contribution in [3.05, 3.63) is 59.2 Å². The lowest BCUT2D eigenvalue weighted by Crippen LogP contribution is -2.15. The van der Waals surface area contributed by atoms with Gasteiger partial charge in [-0.15, -0.1) is 0 Å². The van der Waals surface area contributed by atoms with Gasteiger partial charge in [0.1, 0.15) is 0 Å². The van der Waals surface area contributed by atoms with Crippen LogP contribution in [0, 0.1) is 0 Å². The maximum absolute atomic E-state index is 11.8. The van der Waals surface area contributed by atoms with Gasteiger partial charge in [0.25, 0.3) is 0 Å². The van der Waals surface area contributed by atoms with Gasteiger partial charge >= 0.3 is 5.97 Å². The van der Waals surface area contributed by atoms with Gasteiger partial charge in [0, 0.05) is 0 Å². The SMILES string of the molecule is CCc1ccc(C(Cc2ccc(OC)c(OC(C)C)c2)C(=O)O)cc1. The van der Waals surface area contributed by atoms with Crippen LogP contribution in [-0.4, -0.2) is 24.3 Å². The van der Waals surface area contributed by atoms with Gasteiger partial charge in [0.15, 0.2) is 11.5 Å². The van der Waals surface area contributed by atoms with Crippen molar-refractivity contribution >= 4 is 5.97 Å². The first kappa shape index (κ1) is 18.8. The summed E-state index contributed by atoms with van der Waals surface area (Å²) in [5, 5.41) is 9.67. The van der Waals surface area contributed by atoms with Crippen molar-refractivity contribution in [3.63, 3.8) is 0 Å². The molecule has 0 spiro atoms. The van der Waals surface area contributed by atoms with E-state index in [1.165, 1.54) is 5.56 Å². The zero-order chi connectivity index (χ0) is 18.4. The summed E-state index contributed by atoms with van der Waals surface area (Å²) < 4.78 is 11.1. The van der Waals surface area contributed by atoms with Crippen LogP contribution in [0.25, 0.3) is 0 Å². The van der Waals surface area contributed by atoms with Crippen LogP contribution in [0.3, 0.4) is 0 Å². The van der Waals surface area contributed by atoms with Crippen LogP contribution >= 0.6 is 0 Å². The molecule has 0 saturated carbocycles. The molecule has 0 fully saturated rings. The van der Waals surface area contributed by atoms with Crippen LogP contribution in [-0.2, 0) is 17.6 Å². The third-order valence-electron chi connectivity index (χ3n) is 4.12. The minimum atomic E-state index is -0.827. The minimum Gasteiger partial charge on any atom is -0.493 e. The highest BCUT2D eigenvalue weighted by Crippen LogP contribution is 2.31. The Morgan fingerprint density at radius 1 is 1.04 bits per heavy atom. The van der Waals surface area contributed by atoms with Crippen LogP contribution in [0.1, 0.15) is 43.4 Å². The molecule has 2 aromatic rings. The van der Waals surface area contributed by atoms with Crippen molar-refractivity contribution in [2.75, 3.05) is 7.11 Å². The van der Waals surface area contributed by atoms with Gasteiger partial charge in [-0.1, -0.05) is 37.3 Å². The summed E-state index contributed by atoms with van der Waals surface area (Å²) >= 11 is 0. The third kappa shape index (κ3) is 4.99. The summed E-state index contributed by atoms with van der Waals surface area (Å²) in [6.07, 6.45) is 1.35. The zero-order valence-corrected chi connectivity index (χ0v) is 15.3. The first-order valence-corrected chi connectivity index (χ1v) is 8.59. The molecule has 1 N–H and O–H groups in total. The number of aryl methyl sites for hydroxylation is 1. The summed E-state index contributed by atoms with van der Waals surface area (Å²) in [6, 6.07) is 13.4. The second kappa shape index (κ2) is 8.56. The van der Waals surface area contributed by atoms with Crippen LogP contribution in [0.5, 0.6) is 11.5 Å². The topological polar surface area (TPSA) is 55.8 Å². The molecule has 0 radical (unpaired) electrons. The molecule has 0 bridgehead atoms. The molecule has 0 aromatic heterocycles. The first-order valence-electron chi connectivity index (χ1n) is 8.59. The van der Waals surface area contributed by atoms with Gasteiger partial charge in [-0.25, -0.2) is 0 Å². The molecule has 0 amide bonds. The van der Waals surface area contributed by atoms with Gasteiger partial charge in [0.05, 0.1) is 19.1 Å². The number of aliphatic carboxylic acids is 1. The predicted molar refractivity (Wildman–Crippen MR) is 98.7 cm³/mol. The Morgan fingerprint density at radius 2 is 1.68 bits per heavy atom. The van der Waals surface area contributed by atoms with Gasteiger partial charge in [-0.05, 0) is 55.5 Å². The standard InChI is InChI=1S/C21H26O4/c1-5-15-6-9-17(10-7-15)18(21(22)23)12-16-8-11-19(24-4)20(13-16)25-14(2)3/h6-11,13-14,18H,5,12H2,1-4H3,(H,22,23). The van der Waals surface area contributed by atoms with Crippen LogP contribution in [0.2, 0.25) is 0 Å². The maximum atomic E-state index is 11.8. The molecular weight excluding hydrogens is 316 g/mol. The largest absolute Gasteiger partial charge is 0.493 e. The van der Waals surface area contributed by atoms with E-state index < -0.39 is 11.9 Å². The zero-order valence-electron chi connectivity index (χ0n) is 15.3. The summed E-state index contributed by atoms with van der Waals surface area (Å²) in [5.41, 5.74) is 2.92. The molecule has 1 atom stereocenters. The lowest BCUT2D eigenvalue weighted by atomic mass is 9.91. The number of benzene rings is 2. The Hall–Kier alpha value is -2.49. The van der Waals surface area contributed by atoms with E-state index in [9.17, 15) is 9.90 Å². The van der Waals surface area contributed by atoms with Gasteiger partial charge < -0.3 is 14.6 Å². The fraction of sp³-hybridized carbons (Fsp3) is 0.381. The Kier molecular flexibility index (Phi) is 6.45. The number of hydrogen-bond acceptors (Lipinski definition) is 3. The van der Waals surface area contributed by atoms with E-state index in [2.05, 4.69) is 6.92 Å². The van der Waals surface area contributed by atoms with Gasteiger partial charge in [-0.3, -0.25) is 4.79 Å². The molecule has 134 valence electrons. The fourth-order valence-corrected chi connectivity index (χ4v) is 2.76. The summed E-state index contributed by atoms with van der Waals surface area (Å²) in [6.45, 7) is 5.97. The van der Waals surface area contributed by atoms with Crippen LogP contribution in [0.4, 0.5) is 0 Å². The average Bonchev–Trinajstić information content (AvgIpc) is 2.59. The van der Waals surface area contributed by atoms with E-state index in [1.807, 2.05) is 56.3 Å². The quantitative estimate of drug-likeness (QED) is 0.770. The lowest BCUT2D eigenvalue weighted by molar-refractivity contribution is -0.138. The van der Waals surface area contributed by atoms with Crippen molar-refractivity contribution < 1.29 is 19.4 Å². The molecule has 1 unspecified atom stereocenters. The first-order chi connectivity index (χ1) is 11.9. The summed E-state index contributed by atoms with van der Waals surface area (Å²) in [5.74, 6) is -0.130. The number of carbonyl (C=O) groups is 1. The number of hydrogen-bond donors (Lipinski definition) is 1. The molecule has 0 aliphatic carbocycles. The van der Waals surface area contributed by atoms with Crippen LogP contribution < -0.4 is 9.47 Å². The number of methoxy groups -OCH3 is 1. The van der Waals surface area contributed by atoms with E-state index in [0.29, 0.717) is 17.9 Å². The van der Waals surface area contributed by atoms with E-state index in [-0.39, 0.29) is 6.10 Å². The Morgan fingerprint density at radius 3 is 2.20 bits per heavy atom. The van der Waals surface area contributed by atoms with Crippen molar-refractivity contribution in [1.82, 2.24) is 0 Å². The number of carboxylic acid groups (broad SMARTS) is 1. The smallest absolute Gasteiger partial charge is 0.311 e. The van der Waals surface area contributed by atoms with E-state index in [1.54, 1.807) is 7.11 Å².